The molecule has 2 heteroatoms. The fourth-order valence-electron chi connectivity index (χ4n) is 10.7. The minimum Gasteiger partial charge on any atom is -0.359 e. The maximum absolute atomic E-state index is 12.2. The van der Waals surface area contributed by atoms with Crippen LogP contribution in [0.3, 0.4) is 0 Å². The topological polar surface area (TPSA) is 26.3 Å². The minimum absolute atomic E-state index is 0.122. The summed E-state index contributed by atoms with van der Waals surface area (Å²) in [6, 6.07) is 22.0. The summed E-state index contributed by atoms with van der Waals surface area (Å²) >= 11 is 0. The van der Waals surface area contributed by atoms with Gasteiger partial charge < -0.3 is 4.74 Å². The van der Waals surface area contributed by atoms with Crippen molar-refractivity contribution < 1.29 is 9.53 Å². The summed E-state index contributed by atoms with van der Waals surface area (Å²) in [7, 11) is 0. The van der Waals surface area contributed by atoms with E-state index in [0.29, 0.717) is 17.1 Å². The first-order valence-corrected chi connectivity index (χ1v) is 15.3. The van der Waals surface area contributed by atoms with E-state index in [0.717, 1.165) is 49.9 Å². The van der Waals surface area contributed by atoms with E-state index < -0.39 is 0 Å². The molecule has 0 unspecified atom stereocenters. The van der Waals surface area contributed by atoms with Crippen molar-refractivity contribution in [3.05, 3.63) is 83.4 Å². The maximum atomic E-state index is 12.2. The van der Waals surface area contributed by atoms with Gasteiger partial charge in [-0.3, -0.25) is 4.79 Å². The number of carbonyl (C=O) groups is 1. The molecular weight excluding hydrogens is 464 g/mol. The summed E-state index contributed by atoms with van der Waals surface area (Å²) in [4.78, 5) is 12.2. The Labute approximate surface area is 229 Å². The first kappa shape index (κ1) is 24.8. The van der Waals surface area contributed by atoms with Crippen molar-refractivity contribution in [3.8, 4) is 0 Å². The molecule has 7 rings (SSSR count). The zero-order valence-corrected chi connectivity index (χ0v) is 23.5. The summed E-state index contributed by atoms with van der Waals surface area (Å²) in [5, 5.41) is 0. The summed E-state index contributed by atoms with van der Waals surface area (Å²) in [6.45, 7) is 7.61. The molecule has 0 spiro atoms. The van der Waals surface area contributed by atoms with Crippen molar-refractivity contribution in [1.29, 1.82) is 0 Å². The predicted octanol–water partition coefficient (Wildman–Crippen LogP) is 8.65. The number of hydrogen-bond acceptors (Lipinski definition) is 2. The molecule has 0 amide bonds. The summed E-state index contributed by atoms with van der Waals surface area (Å²) < 4.78 is 7.51. The molecule has 2 nitrogen and oxygen atoms in total. The zero-order chi connectivity index (χ0) is 26.2. The van der Waals surface area contributed by atoms with Crippen LogP contribution in [-0.2, 0) is 15.1 Å². The molecule has 1 heterocycles. The van der Waals surface area contributed by atoms with E-state index in [1.54, 1.807) is 0 Å². The van der Waals surface area contributed by atoms with Crippen molar-refractivity contribution in [2.75, 3.05) is 0 Å². The SMILES string of the molecule is C[C@]12CC[C@H]3[C@H](CCC4=CC(=O)CC[C@@]43C)[C@H]1CC[C@H]2[C@@]1(C)CCC(c2ccccc2)(c2ccccc2)O1. The number of allylic oxidation sites excluding steroid dienone is 1. The number of fused-ring (bicyclic) bond motifs is 5. The van der Waals surface area contributed by atoms with Crippen LogP contribution in [0.5, 0.6) is 0 Å². The molecule has 7 atom stereocenters. The second-order valence-corrected chi connectivity index (χ2v) is 14.1. The standard InChI is InChI=1S/C36H44O2/c1-33-20-18-28(37)24-27(33)14-15-29-30-16-17-32(34(30,2)21-19-31(29)33)35(3)22-23-36(38-35,25-10-6-4-7-11-25)26-12-8-5-9-13-26/h4-13,24,29-32H,14-23H2,1-3H3/t29-,30-,31+,32-,33+,34+,35-/m1/s1. The van der Waals surface area contributed by atoms with Crippen molar-refractivity contribution in [1.82, 2.24) is 0 Å². The molecule has 3 saturated carbocycles. The van der Waals surface area contributed by atoms with E-state index in [4.69, 9.17) is 4.74 Å². The van der Waals surface area contributed by atoms with E-state index in [1.165, 1.54) is 48.8 Å². The van der Waals surface area contributed by atoms with Crippen molar-refractivity contribution in [3.63, 3.8) is 0 Å². The van der Waals surface area contributed by atoms with Gasteiger partial charge >= 0.3 is 0 Å². The Bertz CT molecular complexity index is 1210. The molecule has 0 bridgehead atoms. The van der Waals surface area contributed by atoms with E-state index in [-0.39, 0.29) is 16.6 Å². The highest BCUT2D eigenvalue weighted by Crippen LogP contribution is 2.69. The van der Waals surface area contributed by atoms with Gasteiger partial charge in [-0.15, -0.1) is 0 Å². The Morgan fingerprint density at radius 1 is 0.711 bits per heavy atom. The smallest absolute Gasteiger partial charge is 0.155 e. The molecule has 5 aliphatic rings. The van der Waals surface area contributed by atoms with Gasteiger partial charge in [-0.2, -0.15) is 0 Å². The maximum Gasteiger partial charge on any atom is 0.155 e. The molecule has 0 aromatic heterocycles. The van der Waals surface area contributed by atoms with Crippen LogP contribution >= 0.6 is 0 Å². The van der Waals surface area contributed by atoms with Crippen molar-refractivity contribution >= 4 is 5.78 Å². The van der Waals surface area contributed by atoms with Gasteiger partial charge in [-0.1, -0.05) is 80.1 Å². The lowest BCUT2D eigenvalue weighted by Crippen LogP contribution is -2.53. The monoisotopic (exact) mass is 508 g/mol. The summed E-state index contributed by atoms with van der Waals surface area (Å²) in [6.07, 6.45) is 13.7. The van der Waals surface area contributed by atoms with Gasteiger partial charge in [0.1, 0.15) is 5.60 Å². The lowest BCUT2D eigenvalue weighted by molar-refractivity contribution is -0.150. The fraction of sp³-hybridized carbons (Fsp3) is 0.583. The molecule has 1 aliphatic heterocycles. The van der Waals surface area contributed by atoms with Gasteiger partial charge in [0, 0.05) is 6.42 Å². The van der Waals surface area contributed by atoms with Gasteiger partial charge in [-0.25, -0.2) is 0 Å². The van der Waals surface area contributed by atoms with Crippen LogP contribution in [0, 0.1) is 34.5 Å². The Morgan fingerprint density at radius 2 is 1.39 bits per heavy atom. The van der Waals surface area contributed by atoms with Crippen molar-refractivity contribution in [2.45, 2.75) is 96.2 Å². The van der Waals surface area contributed by atoms with Crippen LogP contribution in [0.25, 0.3) is 0 Å². The molecule has 38 heavy (non-hydrogen) atoms. The lowest BCUT2D eigenvalue weighted by atomic mass is 9.46. The van der Waals surface area contributed by atoms with Crippen LogP contribution in [0.4, 0.5) is 0 Å². The molecule has 1 saturated heterocycles. The number of carbonyl (C=O) groups excluding carboxylic acids is 1. The highest BCUT2D eigenvalue weighted by molar-refractivity contribution is 5.91. The number of ether oxygens (including phenoxy) is 1. The Kier molecular flexibility index (Phi) is 5.65. The van der Waals surface area contributed by atoms with Crippen LogP contribution in [0.2, 0.25) is 0 Å². The van der Waals surface area contributed by atoms with E-state index in [9.17, 15) is 4.79 Å². The van der Waals surface area contributed by atoms with E-state index >= 15 is 0 Å². The van der Waals surface area contributed by atoms with Crippen LogP contribution in [-0.4, -0.2) is 11.4 Å². The van der Waals surface area contributed by atoms with Gasteiger partial charge in [0.05, 0.1) is 5.60 Å². The second kappa shape index (κ2) is 8.65. The fourth-order valence-corrected chi connectivity index (χ4v) is 10.7. The normalized spacial score (nSPS) is 41.7. The van der Waals surface area contributed by atoms with Gasteiger partial charge in [0.15, 0.2) is 5.78 Å². The molecule has 2 aromatic carbocycles. The highest BCUT2D eigenvalue weighted by Gasteiger charge is 2.64. The minimum atomic E-state index is -0.366. The molecular formula is C36H44O2. The highest BCUT2D eigenvalue weighted by atomic mass is 16.5. The Balaban J connectivity index is 1.21. The predicted molar refractivity (Wildman–Crippen MR) is 153 cm³/mol. The Hall–Kier alpha value is -2.19. The van der Waals surface area contributed by atoms with Gasteiger partial charge in [0.25, 0.3) is 0 Å². The first-order chi connectivity index (χ1) is 18.3. The van der Waals surface area contributed by atoms with Gasteiger partial charge in [0.2, 0.25) is 0 Å². The third kappa shape index (κ3) is 3.44. The second-order valence-electron chi connectivity index (χ2n) is 14.1. The largest absolute Gasteiger partial charge is 0.359 e. The third-order valence-corrected chi connectivity index (χ3v) is 12.6. The van der Waals surface area contributed by atoms with Crippen LogP contribution < -0.4 is 0 Å². The van der Waals surface area contributed by atoms with Crippen molar-refractivity contribution in [2.24, 2.45) is 34.5 Å². The lowest BCUT2D eigenvalue weighted by Gasteiger charge is -2.59. The molecule has 4 fully saturated rings. The zero-order valence-electron chi connectivity index (χ0n) is 23.5. The van der Waals surface area contributed by atoms with Crippen LogP contribution in [0.1, 0.15) is 96.1 Å². The molecule has 0 N–H and O–H groups in total. The third-order valence-electron chi connectivity index (χ3n) is 12.6. The molecule has 2 aromatic rings. The van der Waals surface area contributed by atoms with E-state index in [2.05, 4.69) is 81.4 Å². The van der Waals surface area contributed by atoms with Gasteiger partial charge in [-0.05, 0) is 116 Å². The number of ketones is 1. The van der Waals surface area contributed by atoms with Crippen LogP contribution in [0.15, 0.2) is 72.3 Å². The quantitative estimate of drug-likeness (QED) is 0.415. The first-order valence-electron chi connectivity index (χ1n) is 15.3. The summed E-state index contributed by atoms with van der Waals surface area (Å²) in [5.41, 5.74) is 4.17. The average Bonchev–Trinajstić information content (AvgIpc) is 3.49. The average molecular weight is 509 g/mol. The molecule has 200 valence electrons. The molecule has 0 radical (unpaired) electrons. The number of benzene rings is 2. The Morgan fingerprint density at radius 3 is 2.08 bits per heavy atom. The summed E-state index contributed by atoms with van der Waals surface area (Å²) in [5.74, 6) is 3.28. The number of hydrogen-bond donors (Lipinski definition) is 0. The van der Waals surface area contributed by atoms with E-state index in [1.807, 2.05) is 6.08 Å². The number of rotatable bonds is 3. The molecule has 4 aliphatic carbocycles.